The quantitative estimate of drug-likeness (QED) is 0.625. The fourth-order valence-corrected chi connectivity index (χ4v) is 4.76. The van der Waals surface area contributed by atoms with Crippen molar-refractivity contribution in [2.75, 3.05) is 75.6 Å². The number of rotatable bonds is 5. The van der Waals surface area contributed by atoms with Crippen molar-refractivity contribution >= 4 is 34.1 Å². The lowest BCUT2D eigenvalue weighted by atomic mass is 10.2. The Kier molecular flexibility index (Phi) is 6.28. The fraction of sp³-hybridized carbons (Fsp3) is 0.480. The van der Waals surface area contributed by atoms with Crippen LogP contribution >= 0.6 is 0 Å². The third kappa shape index (κ3) is 4.52. The van der Waals surface area contributed by atoms with Crippen molar-refractivity contribution in [2.24, 2.45) is 0 Å². The molecule has 2 aliphatic rings. The maximum Gasteiger partial charge on any atom is 0.271 e. The lowest BCUT2D eigenvalue weighted by Crippen LogP contribution is -2.44. The van der Waals surface area contributed by atoms with E-state index in [2.05, 4.69) is 47.9 Å². The number of hydrogen-bond acceptors (Lipinski definition) is 7. The van der Waals surface area contributed by atoms with E-state index in [9.17, 15) is 4.79 Å². The van der Waals surface area contributed by atoms with Gasteiger partial charge in [-0.15, -0.1) is 0 Å². The zero-order chi connectivity index (χ0) is 23.7. The van der Waals surface area contributed by atoms with Crippen molar-refractivity contribution in [1.82, 2.24) is 24.4 Å². The first kappa shape index (κ1) is 22.5. The molecule has 1 amide bonds. The maximum atomic E-state index is 13.0. The van der Waals surface area contributed by atoms with Crippen LogP contribution in [0.1, 0.15) is 29.8 Å². The zero-order valence-corrected chi connectivity index (χ0v) is 20.4. The molecule has 3 aromatic heterocycles. The second-order valence-electron chi connectivity index (χ2n) is 9.50. The van der Waals surface area contributed by atoms with Crippen molar-refractivity contribution in [3.8, 4) is 0 Å². The first-order valence-electron chi connectivity index (χ1n) is 12.1. The van der Waals surface area contributed by atoms with Crippen molar-refractivity contribution in [3.05, 3.63) is 42.4 Å². The average molecular weight is 463 g/mol. The van der Waals surface area contributed by atoms with E-state index in [0.29, 0.717) is 11.5 Å². The number of aromatic nitrogens is 3. The summed E-state index contributed by atoms with van der Waals surface area (Å²) < 4.78 is 2.09. The smallest absolute Gasteiger partial charge is 0.271 e. The largest absolute Gasteiger partial charge is 0.368 e. The van der Waals surface area contributed by atoms with E-state index < -0.39 is 0 Å². The van der Waals surface area contributed by atoms with Crippen LogP contribution in [0.2, 0.25) is 0 Å². The molecule has 3 aromatic rings. The zero-order valence-electron chi connectivity index (χ0n) is 20.4. The molecule has 0 unspecified atom stereocenters. The number of anilines is 3. The van der Waals surface area contributed by atoms with Gasteiger partial charge in [-0.1, -0.05) is 0 Å². The predicted molar refractivity (Wildman–Crippen MR) is 137 cm³/mol. The Morgan fingerprint density at radius 1 is 0.912 bits per heavy atom. The Balaban J connectivity index is 1.41. The molecule has 0 atom stereocenters. The summed E-state index contributed by atoms with van der Waals surface area (Å²) in [6.45, 7) is 6.06. The fourth-order valence-electron chi connectivity index (χ4n) is 4.76. The highest BCUT2D eigenvalue weighted by molar-refractivity contribution is 5.99. The summed E-state index contributed by atoms with van der Waals surface area (Å²) in [5.41, 5.74) is 2.81. The normalized spacial score (nSPS) is 17.3. The molecule has 0 aliphatic carbocycles. The van der Waals surface area contributed by atoms with Crippen molar-refractivity contribution in [2.45, 2.75) is 19.3 Å². The molecule has 0 bridgehead atoms. The van der Waals surface area contributed by atoms with Crippen LogP contribution in [0.3, 0.4) is 0 Å². The minimum atomic E-state index is -0.00237. The van der Waals surface area contributed by atoms with E-state index in [4.69, 9.17) is 0 Å². The third-order valence-electron chi connectivity index (χ3n) is 6.77. The second kappa shape index (κ2) is 9.50. The topological polar surface area (TPSA) is 72.8 Å². The van der Waals surface area contributed by atoms with Crippen LogP contribution in [0.4, 0.5) is 17.3 Å². The van der Waals surface area contributed by atoms with Gasteiger partial charge in [-0.3, -0.25) is 9.47 Å². The van der Waals surface area contributed by atoms with Gasteiger partial charge in [0.05, 0.1) is 17.4 Å². The highest BCUT2D eigenvalue weighted by atomic mass is 16.2. The van der Waals surface area contributed by atoms with Crippen LogP contribution in [0.5, 0.6) is 0 Å². The summed E-state index contributed by atoms with van der Waals surface area (Å²) in [6.07, 6.45) is 7.26. The van der Waals surface area contributed by atoms with Gasteiger partial charge in [0.1, 0.15) is 17.3 Å². The summed E-state index contributed by atoms with van der Waals surface area (Å²) in [5, 5.41) is 6.59. The highest BCUT2D eigenvalue weighted by Crippen LogP contribution is 2.26. The summed E-state index contributed by atoms with van der Waals surface area (Å²) in [5.74, 6) is 1.47. The lowest BCUT2D eigenvalue weighted by molar-refractivity contribution is 0.0816. The highest BCUT2D eigenvalue weighted by Gasteiger charge is 2.23. The number of fused-ring (bicyclic) bond motifs is 1. The number of nitrogens with one attached hydrogen (secondary N) is 1. The van der Waals surface area contributed by atoms with Crippen LogP contribution in [0.25, 0.3) is 10.9 Å². The number of carbonyl (C=O) groups excluding carboxylic acids is 1. The Morgan fingerprint density at radius 2 is 1.65 bits per heavy atom. The van der Waals surface area contributed by atoms with Gasteiger partial charge in [0, 0.05) is 71.0 Å². The molecule has 0 spiro atoms. The van der Waals surface area contributed by atoms with Crippen molar-refractivity contribution in [1.29, 1.82) is 0 Å². The van der Waals surface area contributed by atoms with E-state index >= 15 is 0 Å². The van der Waals surface area contributed by atoms with Crippen molar-refractivity contribution in [3.63, 3.8) is 0 Å². The number of piperazine rings is 1. The van der Waals surface area contributed by atoms with Gasteiger partial charge in [-0.25, -0.2) is 9.97 Å². The van der Waals surface area contributed by atoms with Gasteiger partial charge >= 0.3 is 0 Å². The molecule has 5 rings (SSSR count). The number of pyridine rings is 2. The minimum absolute atomic E-state index is 0.00237. The lowest BCUT2D eigenvalue weighted by Gasteiger charge is -2.33. The van der Waals surface area contributed by atoms with E-state index in [1.165, 1.54) is 6.42 Å². The molecule has 9 nitrogen and oxygen atoms in total. The maximum absolute atomic E-state index is 13.0. The Hall–Kier alpha value is -3.33. The van der Waals surface area contributed by atoms with Gasteiger partial charge in [0.15, 0.2) is 0 Å². The van der Waals surface area contributed by atoms with Crippen LogP contribution < -0.4 is 15.2 Å². The number of hydrogen-bond donors (Lipinski definition) is 1. The first-order valence-corrected chi connectivity index (χ1v) is 12.1. The third-order valence-corrected chi connectivity index (χ3v) is 6.77. The van der Waals surface area contributed by atoms with Crippen LogP contribution in [-0.2, 0) is 0 Å². The minimum Gasteiger partial charge on any atom is -0.368 e. The molecule has 9 heteroatoms. The summed E-state index contributed by atoms with van der Waals surface area (Å²) in [4.78, 5) is 28.5. The molecule has 5 heterocycles. The molecular formula is C25H34N8O. The Labute approximate surface area is 200 Å². The van der Waals surface area contributed by atoms with Crippen LogP contribution in [-0.4, -0.2) is 90.8 Å². The SMILES string of the molecule is CN1CCN(c2ccc(Nc3cc4c(cn3)cc(C(=O)N(C)C)n4N3CCCCC3)nc2)CC1. The molecular weight excluding hydrogens is 428 g/mol. The summed E-state index contributed by atoms with van der Waals surface area (Å²) in [7, 11) is 5.75. The van der Waals surface area contributed by atoms with Crippen LogP contribution in [0.15, 0.2) is 36.7 Å². The van der Waals surface area contributed by atoms with Crippen molar-refractivity contribution < 1.29 is 4.79 Å². The molecule has 34 heavy (non-hydrogen) atoms. The van der Waals surface area contributed by atoms with Gasteiger partial charge < -0.3 is 25.0 Å². The van der Waals surface area contributed by atoms with Gasteiger partial charge in [-0.2, -0.15) is 0 Å². The first-order chi connectivity index (χ1) is 16.5. The molecule has 2 aliphatic heterocycles. The second-order valence-corrected chi connectivity index (χ2v) is 9.50. The van der Waals surface area contributed by atoms with E-state index in [0.717, 1.165) is 74.5 Å². The number of piperidine rings is 1. The molecule has 0 radical (unpaired) electrons. The number of likely N-dealkylation sites (N-methyl/N-ethyl adjacent to an activating group) is 1. The molecule has 2 fully saturated rings. The summed E-state index contributed by atoms with van der Waals surface area (Å²) in [6, 6.07) is 8.09. The standard InChI is InChI=1S/C25H34N8O/c1-29(2)25(34)22-15-19-17-26-24(16-21(19)33(22)32-9-5-4-6-10-32)28-23-8-7-20(18-27-23)31-13-11-30(3)12-14-31/h7-8,15-18H,4-6,9-14H2,1-3H3,(H,26,27,28). The Bertz CT molecular complexity index is 1140. The number of nitrogens with zero attached hydrogens (tertiary/aromatic N) is 7. The van der Waals surface area contributed by atoms with E-state index in [1.807, 2.05) is 30.6 Å². The number of amides is 1. The van der Waals surface area contributed by atoms with Gasteiger partial charge in [0.25, 0.3) is 5.91 Å². The molecule has 0 aromatic carbocycles. The molecule has 0 saturated carbocycles. The van der Waals surface area contributed by atoms with E-state index in [-0.39, 0.29) is 5.91 Å². The molecule has 180 valence electrons. The average Bonchev–Trinajstić information content (AvgIpc) is 3.24. The molecule has 2 saturated heterocycles. The predicted octanol–water partition coefficient (Wildman–Crippen LogP) is 2.75. The van der Waals surface area contributed by atoms with E-state index in [1.54, 1.807) is 19.0 Å². The Morgan fingerprint density at radius 3 is 2.32 bits per heavy atom. The van der Waals surface area contributed by atoms with Gasteiger partial charge in [-0.05, 0) is 44.5 Å². The molecule has 1 N–H and O–H groups in total. The van der Waals surface area contributed by atoms with Gasteiger partial charge in [0.2, 0.25) is 0 Å². The number of carbonyl (C=O) groups is 1. The monoisotopic (exact) mass is 462 g/mol. The van der Waals surface area contributed by atoms with Crippen LogP contribution in [0, 0.1) is 0 Å². The summed E-state index contributed by atoms with van der Waals surface area (Å²) >= 11 is 0.